The molecule has 0 fully saturated rings. The van der Waals surface area contributed by atoms with Gasteiger partial charge in [0.05, 0.1) is 0 Å². The first-order chi connectivity index (χ1) is 7.27. The van der Waals surface area contributed by atoms with E-state index in [2.05, 4.69) is 29.2 Å². The van der Waals surface area contributed by atoms with Crippen LogP contribution in [0.2, 0.25) is 0 Å². The van der Waals surface area contributed by atoms with Crippen LogP contribution in [0.25, 0.3) is 0 Å². The number of aryl methyl sites for hydroxylation is 2. The minimum Gasteiger partial charge on any atom is -0.314 e. The summed E-state index contributed by atoms with van der Waals surface area (Å²) in [6, 6.07) is 0.613. The summed E-state index contributed by atoms with van der Waals surface area (Å²) in [5.74, 6) is 1.08. The van der Waals surface area contributed by atoms with Gasteiger partial charge in [0.1, 0.15) is 12.2 Å². The molecule has 86 valence electrons. The fraction of sp³-hybridized carbons (Fsp3) is 0.818. The summed E-state index contributed by atoms with van der Waals surface area (Å²) in [6.07, 6.45) is 6.14. The maximum atomic E-state index is 4.23. The maximum absolute atomic E-state index is 4.23. The minimum atomic E-state index is 0.613. The molecule has 0 aliphatic heterocycles. The van der Waals surface area contributed by atoms with Gasteiger partial charge in [0, 0.05) is 19.5 Å². The fourth-order valence-corrected chi connectivity index (χ4v) is 1.65. The molecule has 0 aromatic carbocycles. The van der Waals surface area contributed by atoms with Crippen molar-refractivity contribution in [2.45, 2.75) is 45.6 Å². The third-order valence-corrected chi connectivity index (χ3v) is 2.70. The first-order valence-corrected chi connectivity index (χ1v) is 5.84. The molecule has 1 atom stereocenters. The van der Waals surface area contributed by atoms with Crippen LogP contribution >= 0.6 is 0 Å². The molecule has 0 saturated carbocycles. The lowest BCUT2D eigenvalue weighted by Gasteiger charge is -2.15. The van der Waals surface area contributed by atoms with Gasteiger partial charge in [-0.25, -0.2) is 4.98 Å². The van der Waals surface area contributed by atoms with Gasteiger partial charge in [0.2, 0.25) is 0 Å². The van der Waals surface area contributed by atoms with Crippen LogP contribution in [0.5, 0.6) is 0 Å². The Balaban J connectivity index is 2.31. The number of nitrogens with zero attached hydrogens (tertiary/aromatic N) is 3. The average Bonchev–Trinajstić information content (AvgIpc) is 2.65. The Morgan fingerprint density at radius 3 is 2.80 bits per heavy atom. The molecule has 0 radical (unpaired) electrons. The second kappa shape index (κ2) is 6.56. The van der Waals surface area contributed by atoms with Gasteiger partial charge in [-0.05, 0) is 25.8 Å². The predicted octanol–water partition coefficient (Wildman–Crippen LogP) is 1.53. The highest BCUT2D eigenvalue weighted by atomic mass is 15.3. The molecular weight excluding hydrogens is 188 g/mol. The summed E-state index contributed by atoms with van der Waals surface area (Å²) in [5.41, 5.74) is 0. The van der Waals surface area contributed by atoms with Crippen LogP contribution in [-0.2, 0) is 13.5 Å². The van der Waals surface area contributed by atoms with Gasteiger partial charge in [-0.1, -0.05) is 13.8 Å². The molecule has 0 aliphatic rings. The largest absolute Gasteiger partial charge is 0.314 e. The highest BCUT2D eigenvalue weighted by Crippen LogP contribution is 2.04. The smallest absolute Gasteiger partial charge is 0.138 e. The monoisotopic (exact) mass is 210 g/mol. The van der Waals surface area contributed by atoms with E-state index in [1.807, 2.05) is 11.7 Å². The van der Waals surface area contributed by atoms with E-state index in [-0.39, 0.29) is 0 Å². The van der Waals surface area contributed by atoms with Gasteiger partial charge in [-0.15, -0.1) is 0 Å². The van der Waals surface area contributed by atoms with Crippen LogP contribution in [0, 0.1) is 0 Å². The summed E-state index contributed by atoms with van der Waals surface area (Å²) in [6.45, 7) is 5.53. The Labute approximate surface area is 92.1 Å². The molecule has 4 nitrogen and oxygen atoms in total. The van der Waals surface area contributed by atoms with Gasteiger partial charge >= 0.3 is 0 Å². The van der Waals surface area contributed by atoms with Gasteiger partial charge in [0.15, 0.2) is 0 Å². The molecule has 1 aromatic heterocycles. The van der Waals surface area contributed by atoms with Crippen molar-refractivity contribution in [1.82, 2.24) is 20.1 Å². The molecule has 0 bridgehead atoms. The molecule has 1 heterocycles. The first kappa shape index (κ1) is 12.2. The first-order valence-electron chi connectivity index (χ1n) is 5.84. The van der Waals surface area contributed by atoms with Crippen LogP contribution in [-0.4, -0.2) is 27.4 Å². The number of aromatic nitrogens is 3. The Morgan fingerprint density at radius 1 is 1.47 bits per heavy atom. The Bertz CT molecular complexity index is 269. The van der Waals surface area contributed by atoms with Crippen molar-refractivity contribution in [2.75, 3.05) is 6.54 Å². The quantitative estimate of drug-likeness (QED) is 0.742. The van der Waals surface area contributed by atoms with Crippen LogP contribution in [0.3, 0.4) is 0 Å². The topological polar surface area (TPSA) is 42.7 Å². The van der Waals surface area contributed by atoms with Crippen LogP contribution in [0.15, 0.2) is 6.33 Å². The van der Waals surface area contributed by atoms with Crippen molar-refractivity contribution >= 4 is 0 Å². The van der Waals surface area contributed by atoms with Crippen molar-refractivity contribution < 1.29 is 0 Å². The molecule has 0 spiro atoms. The lowest BCUT2D eigenvalue weighted by atomic mass is 10.1. The van der Waals surface area contributed by atoms with Gasteiger partial charge < -0.3 is 5.32 Å². The summed E-state index contributed by atoms with van der Waals surface area (Å²) >= 11 is 0. The standard InChI is InChI=1S/C11H22N4/c1-4-8-12-10(5-2)6-7-11-13-9-14-15(11)3/h9-10,12H,4-8H2,1-3H3. The predicted molar refractivity (Wildman–Crippen MR) is 61.7 cm³/mol. The van der Waals surface area contributed by atoms with Gasteiger partial charge in [0.25, 0.3) is 0 Å². The van der Waals surface area contributed by atoms with Crippen molar-refractivity contribution in [3.63, 3.8) is 0 Å². The van der Waals surface area contributed by atoms with Gasteiger partial charge in [-0.2, -0.15) is 5.10 Å². The second-order valence-corrected chi connectivity index (χ2v) is 3.90. The zero-order valence-corrected chi connectivity index (χ0v) is 10.0. The highest BCUT2D eigenvalue weighted by Gasteiger charge is 2.07. The average molecular weight is 210 g/mol. The van der Waals surface area contributed by atoms with E-state index < -0.39 is 0 Å². The second-order valence-electron chi connectivity index (χ2n) is 3.90. The SMILES string of the molecule is CCCNC(CC)CCc1ncnn1C. The Kier molecular flexibility index (Phi) is 5.32. The number of rotatable bonds is 7. The summed E-state index contributed by atoms with van der Waals surface area (Å²) in [7, 11) is 1.95. The molecule has 4 heteroatoms. The number of hydrogen-bond acceptors (Lipinski definition) is 3. The van der Waals surface area contributed by atoms with Crippen molar-refractivity contribution in [3.8, 4) is 0 Å². The molecule has 1 aromatic rings. The molecular formula is C11H22N4. The van der Waals surface area contributed by atoms with Crippen LogP contribution in [0.4, 0.5) is 0 Å². The van der Waals surface area contributed by atoms with Crippen molar-refractivity contribution in [3.05, 3.63) is 12.2 Å². The summed E-state index contributed by atoms with van der Waals surface area (Å²) in [5, 5.41) is 7.61. The Hall–Kier alpha value is -0.900. The molecule has 0 aliphatic carbocycles. The van der Waals surface area contributed by atoms with Gasteiger partial charge in [-0.3, -0.25) is 4.68 Å². The number of nitrogens with one attached hydrogen (secondary N) is 1. The van der Waals surface area contributed by atoms with Crippen molar-refractivity contribution in [2.24, 2.45) is 7.05 Å². The van der Waals surface area contributed by atoms with Crippen LogP contribution in [0.1, 0.15) is 38.9 Å². The number of hydrogen-bond donors (Lipinski definition) is 1. The van der Waals surface area contributed by atoms with E-state index in [0.717, 1.165) is 25.2 Å². The van der Waals surface area contributed by atoms with E-state index in [1.165, 1.54) is 12.8 Å². The van der Waals surface area contributed by atoms with E-state index in [9.17, 15) is 0 Å². The highest BCUT2D eigenvalue weighted by molar-refractivity contribution is 4.85. The van der Waals surface area contributed by atoms with E-state index in [4.69, 9.17) is 0 Å². The maximum Gasteiger partial charge on any atom is 0.138 e. The summed E-state index contributed by atoms with van der Waals surface area (Å²) < 4.78 is 1.85. The molecule has 1 N–H and O–H groups in total. The van der Waals surface area contributed by atoms with E-state index in [0.29, 0.717) is 6.04 Å². The minimum absolute atomic E-state index is 0.613. The molecule has 15 heavy (non-hydrogen) atoms. The Morgan fingerprint density at radius 2 is 2.27 bits per heavy atom. The van der Waals surface area contributed by atoms with Crippen molar-refractivity contribution in [1.29, 1.82) is 0 Å². The normalized spacial score (nSPS) is 13.0. The third kappa shape index (κ3) is 4.00. The molecule has 0 amide bonds. The zero-order chi connectivity index (χ0) is 11.1. The molecule has 1 rings (SSSR count). The lowest BCUT2D eigenvalue weighted by Crippen LogP contribution is -2.29. The van der Waals surface area contributed by atoms with E-state index >= 15 is 0 Å². The fourth-order valence-electron chi connectivity index (χ4n) is 1.65. The third-order valence-electron chi connectivity index (χ3n) is 2.70. The zero-order valence-electron chi connectivity index (χ0n) is 10.0. The van der Waals surface area contributed by atoms with E-state index in [1.54, 1.807) is 6.33 Å². The summed E-state index contributed by atoms with van der Waals surface area (Å²) in [4.78, 5) is 4.23. The van der Waals surface area contributed by atoms with Crippen LogP contribution < -0.4 is 5.32 Å². The molecule has 1 unspecified atom stereocenters. The molecule has 0 saturated heterocycles. The lowest BCUT2D eigenvalue weighted by molar-refractivity contribution is 0.460.